The Kier molecular flexibility index (Phi) is 20.2. The summed E-state index contributed by atoms with van der Waals surface area (Å²) in [5.41, 5.74) is 2.69. The van der Waals surface area contributed by atoms with Crippen molar-refractivity contribution >= 4 is 0 Å². The molecule has 0 aromatic heterocycles. The van der Waals surface area contributed by atoms with Crippen LogP contribution in [0, 0.1) is 12.2 Å². The van der Waals surface area contributed by atoms with Gasteiger partial charge in [-0.1, -0.05) is 33.1 Å². The van der Waals surface area contributed by atoms with Gasteiger partial charge in [-0.3, -0.25) is 12.2 Å². The Morgan fingerprint density at radius 3 is 2.00 bits per heavy atom. The van der Waals surface area contributed by atoms with Crippen LogP contribution in [0.2, 0.25) is 0 Å². The normalized spacial score (nSPS) is 14.3. The van der Waals surface area contributed by atoms with E-state index in [0.717, 1.165) is 12.8 Å². The van der Waals surface area contributed by atoms with Crippen molar-refractivity contribution in [2.75, 3.05) is 0 Å². The fourth-order valence-corrected chi connectivity index (χ4v) is 1.50. The molecule has 3 heteroatoms. The minimum Gasteiger partial charge on any atom is -1.00 e. The summed E-state index contributed by atoms with van der Waals surface area (Å²) in [6, 6.07) is 0. The van der Waals surface area contributed by atoms with Crippen LogP contribution in [0.3, 0.4) is 0 Å². The second-order valence-corrected chi connectivity index (χ2v) is 3.88. The van der Waals surface area contributed by atoms with Crippen molar-refractivity contribution in [3.63, 3.8) is 0 Å². The zero-order valence-corrected chi connectivity index (χ0v) is 16.2. The quantitative estimate of drug-likeness (QED) is 0.366. The van der Waals surface area contributed by atoms with E-state index in [-0.39, 0.29) is 50.7 Å². The smallest absolute Gasteiger partial charge is 1.00 e. The molecule has 98 valence electrons. The Labute approximate surface area is 143 Å². The summed E-state index contributed by atoms with van der Waals surface area (Å²) in [5, 5.41) is 0. The summed E-state index contributed by atoms with van der Waals surface area (Å²) >= 11 is 0. The van der Waals surface area contributed by atoms with Gasteiger partial charge in [0, 0.05) is 0 Å². The molecular formula is C15H20Cl2Hf. The van der Waals surface area contributed by atoms with Crippen LogP contribution < -0.4 is 24.8 Å². The van der Waals surface area contributed by atoms with E-state index in [2.05, 4.69) is 50.3 Å². The SMILES string of the molecule is CC1=[C-]CC=C1.CCCCC1=[C-]CC=C1.[Cl-].[Cl-].[Hf+4]. The Hall–Kier alpha value is 0.410. The van der Waals surface area contributed by atoms with Crippen LogP contribution >= 0.6 is 0 Å². The van der Waals surface area contributed by atoms with Crippen LogP contribution in [-0.2, 0) is 25.8 Å². The van der Waals surface area contributed by atoms with Gasteiger partial charge in [0.05, 0.1) is 0 Å². The van der Waals surface area contributed by atoms with E-state index >= 15 is 0 Å². The molecule has 0 spiro atoms. The van der Waals surface area contributed by atoms with Gasteiger partial charge in [-0.05, 0) is 0 Å². The molecule has 0 amide bonds. The minimum atomic E-state index is 0. The van der Waals surface area contributed by atoms with Gasteiger partial charge < -0.3 is 24.8 Å². The molecule has 0 saturated heterocycles. The largest absolute Gasteiger partial charge is 4.00 e. The van der Waals surface area contributed by atoms with Gasteiger partial charge in [0.1, 0.15) is 0 Å². The Bertz CT molecular complexity index is 299. The maximum atomic E-state index is 3.30. The Morgan fingerprint density at radius 1 is 1.06 bits per heavy atom. The van der Waals surface area contributed by atoms with E-state index in [0.29, 0.717) is 0 Å². The molecule has 0 aliphatic heterocycles. The standard InChI is InChI=1S/C9H13.C6H7.2ClH.Hf/c1-2-3-6-9-7-4-5-8-9;1-6-4-2-3-5-6;;;/h4,7H,2-3,5-6H2,1H3;2,4H,3H2,1H3;2*1H;/q2*-1;;;+4/p-2. The number of allylic oxidation sites excluding steroid dienone is 8. The van der Waals surface area contributed by atoms with Crippen molar-refractivity contribution in [1.29, 1.82) is 0 Å². The number of rotatable bonds is 3. The van der Waals surface area contributed by atoms with Gasteiger partial charge in [0.15, 0.2) is 0 Å². The number of halogens is 2. The molecule has 0 heterocycles. The zero-order chi connectivity index (χ0) is 10.9. The third kappa shape index (κ3) is 11.5. The van der Waals surface area contributed by atoms with Crippen LogP contribution in [-0.4, -0.2) is 0 Å². The molecule has 2 aliphatic carbocycles. The van der Waals surface area contributed by atoms with E-state index in [4.69, 9.17) is 0 Å². The second kappa shape index (κ2) is 15.5. The van der Waals surface area contributed by atoms with Crippen molar-refractivity contribution in [2.45, 2.75) is 46.0 Å². The van der Waals surface area contributed by atoms with Crippen LogP contribution in [0.25, 0.3) is 0 Å². The summed E-state index contributed by atoms with van der Waals surface area (Å²) in [5.74, 6) is 0. The predicted molar refractivity (Wildman–Crippen MR) is 66.2 cm³/mol. The van der Waals surface area contributed by atoms with Crippen LogP contribution in [0.15, 0.2) is 35.5 Å². The molecular weight excluding hydrogens is 430 g/mol. The van der Waals surface area contributed by atoms with E-state index in [1.807, 2.05) is 0 Å². The first kappa shape index (κ1) is 23.5. The van der Waals surface area contributed by atoms with Crippen molar-refractivity contribution in [3.8, 4) is 0 Å². The summed E-state index contributed by atoms with van der Waals surface area (Å²) < 4.78 is 0. The number of hydrogen-bond acceptors (Lipinski definition) is 0. The second-order valence-electron chi connectivity index (χ2n) is 3.88. The van der Waals surface area contributed by atoms with Gasteiger partial charge in [0.2, 0.25) is 0 Å². The van der Waals surface area contributed by atoms with Crippen molar-refractivity contribution in [3.05, 3.63) is 47.6 Å². The first-order chi connectivity index (χ1) is 7.33. The van der Waals surface area contributed by atoms with Gasteiger partial charge in [0.25, 0.3) is 0 Å². The Morgan fingerprint density at radius 2 is 1.67 bits per heavy atom. The third-order valence-electron chi connectivity index (χ3n) is 2.43. The average Bonchev–Trinajstić information content (AvgIpc) is 2.88. The molecule has 2 rings (SSSR count). The number of hydrogen-bond donors (Lipinski definition) is 0. The van der Waals surface area contributed by atoms with E-state index in [9.17, 15) is 0 Å². The topological polar surface area (TPSA) is 0 Å². The average molecular weight is 450 g/mol. The molecule has 0 fully saturated rings. The molecule has 0 radical (unpaired) electrons. The molecule has 0 atom stereocenters. The third-order valence-corrected chi connectivity index (χ3v) is 2.43. The summed E-state index contributed by atoms with van der Waals surface area (Å²) in [6.45, 7) is 4.28. The minimum absolute atomic E-state index is 0. The first-order valence-electron chi connectivity index (χ1n) is 5.83. The van der Waals surface area contributed by atoms with Crippen LogP contribution in [0.4, 0.5) is 0 Å². The molecule has 0 aromatic rings. The maximum Gasteiger partial charge on any atom is 4.00 e. The van der Waals surface area contributed by atoms with Crippen LogP contribution in [0.5, 0.6) is 0 Å². The summed E-state index contributed by atoms with van der Waals surface area (Å²) in [7, 11) is 0. The molecule has 0 unspecified atom stereocenters. The number of unbranched alkanes of at least 4 members (excludes halogenated alkanes) is 1. The monoisotopic (exact) mass is 450 g/mol. The van der Waals surface area contributed by atoms with Gasteiger partial charge >= 0.3 is 25.8 Å². The van der Waals surface area contributed by atoms with E-state index < -0.39 is 0 Å². The molecule has 2 aliphatic rings. The van der Waals surface area contributed by atoms with Crippen molar-refractivity contribution in [1.82, 2.24) is 0 Å². The summed E-state index contributed by atoms with van der Waals surface area (Å²) in [4.78, 5) is 0. The molecule has 0 aromatic carbocycles. The van der Waals surface area contributed by atoms with Crippen molar-refractivity contribution < 1.29 is 50.7 Å². The molecule has 0 nitrogen and oxygen atoms in total. The predicted octanol–water partition coefficient (Wildman–Crippen LogP) is -1.43. The van der Waals surface area contributed by atoms with Crippen LogP contribution in [0.1, 0.15) is 46.0 Å². The molecule has 0 saturated carbocycles. The van der Waals surface area contributed by atoms with E-state index in [1.165, 1.54) is 30.4 Å². The Balaban J connectivity index is -0.000000225. The van der Waals surface area contributed by atoms with Gasteiger partial charge in [-0.25, -0.2) is 23.3 Å². The molecule has 0 N–H and O–H groups in total. The zero-order valence-electron chi connectivity index (χ0n) is 11.1. The molecule has 0 bridgehead atoms. The fourth-order valence-electron chi connectivity index (χ4n) is 1.50. The van der Waals surface area contributed by atoms with Crippen molar-refractivity contribution in [2.24, 2.45) is 0 Å². The molecule has 18 heavy (non-hydrogen) atoms. The first-order valence-corrected chi connectivity index (χ1v) is 5.83. The fraction of sp³-hybridized carbons (Fsp3) is 0.467. The van der Waals surface area contributed by atoms with Gasteiger partial charge in [-0.15, -0.1) is 12.8 Å². The van der Waals surface area contributed by atoms with E-state index in [1.54, 1.807) is 0 Å². The van der Waals surface area contributed by atoms with Gasteiger partial charge in [-0.2, -0.15) is 12.2 Å². The maximum absolute atomic E-state index is 3.30. The summed E-state index contributed by atoms with van der Waals surface area (Å²) in [6.07, 6.45) is 20.9.